The molecular weight excluding hydrogens is 313 g/mol. The number of aromatic nitrogens is 1. The van der Waals surface area contributed by atoms with Gasteiger partial charge >= 0.3 is 12.1 Å². The van der Waals surface area contributed by atoms with E-state index < -0.39 is 31.1 Å². The molecule has 0 spiro atoms. The molecule has 118 valence electrons. The van der Waals surface area contributed by atoms with Crippen molar-refractivity contribution >= 4 is 23.5 Å². The highest BCUT2D eigenvalue weighted by atomic mass is 35.5. The fourth-order valence-electron chi connectivity index (χ4n) is 1.79. The Morgan fingerprint density at radius 3 is 2.43 bits per heavy atom. The second-order valence-electron chi connectivity index (χ2n) is 4.71. The number of amides is 1. The number of nitrogens with zero attached hydrogens (tertiary/aromatic N) is 2. The van der Waals surface area contributed by atoms with Gasteiger partial charge in [-0.1, -0.05) is 11.6 Å². The van der Waals surface area contributed by atoms with Gasteiger partial charge in [-0.3, -0.25) is 9.59 Å². The van der Waals surface area contributed by atoms with Gasteiger partial charge in [0, 0.05) is 12.2 Å². The normalized spacial score (nSPS) is 11.8. The number of carboxylic acids is 1. The van der Waals surface area contributed by atoms with Gasteiger partial charge in [0.25, 0.3) is 5.91 Å². The molecule has 0 saturated heterocycles. The summed E-state index contributed by atoms with van der Waals surface area (Å²) in [6.45, 7) is 0.759. The summed E-state index contributed by atoms with van der Waals surface area (Å²) in [5, 5.41) is 8.86. The summed E-state index contributed by atoms with van der Waals surface area (Å²) in [5.41, 5.74) is -0.0829. The van der Waals surface area contributed by atoms with Crippen molar-refractivity contribution < 1.29 is 27.9 Å². The number of halogens is 4. The van der Waals surface area contributed by atoms with Crippen LogP contribution in [0.15, 0.2) is 12.3 Å². The third-order valence-electron chi connectivity index (χ3n) is 2.57. The first kappa shape index (κ1) is 17.4. The predicted octanol–water partition coefficient (Wildman–Crippen LogP) is 2.81. The molecule has 1 amide bonds. The summed E-state index contributed by atoms with van der Waals surface area (Å²) in [5.74, 6) is -2.56. The molecule has 0 unspecified atom stereocenters. The number of alkyl halides is 3. The van der Waals surface area contributed by atoms with E-state index in [1.807, 2.05) is 0 Å². The zero-order chi connectivity index (χ0) is 16.4. The van der Waals surface area contributed by atoms with Gasteiger partial charge in [-0.25, -0.2) is 0 Å². The fraction of sp³-hybridized carbons (Fsp3) is 0.500. The molecule has 0 aromatic carbocycles. The summed E-state index contributed by atoms with van der Waals surface area (Å²) in [7, 11) is 0. The fourth-order valence-corrected chi connectivity index (χ4v) is 1.99. The lowest BCUT2D eigenvalue weighted by Crippen LogP contribution is -2.42. The molecule has 5 nitrogen and oxygen atoms in total. The Kier molecular flexibility index (Phi) is 5.27. The number of rotatable bonds is 5. The third-order valence-corrected chi connectivity index (χ3v) is 2.78. The van der Waals surface area contributed by atoms with Crippen LogP contribution in [0.3, 0.4) is 0 Å². The first-order valence-electron chi connectivity index (χ1n) is 5.96. The number of hydrogen-bond donors (Lipinski definition) is 1. The number of aliphatic carboxylic acids is 1. The van der Waals surface area contributed by atoms with Crippen LogP contribution >= 0.6 is 11.6 Å². The van der Waals surface area contributed by atoms with Crippen LogP contribution in [0.4, 0.5) is 13.2 Å². The van der Waals surface area contributed by atoms with Gasteiger partial charge in [-0.2, -0.15) is 13.2 Å². The Hall–Kier alpha value is -1.70. The van der Waals surface area contributed by atoms with Gasteiger partial charge < -0.3 is 14.6 Å². The van der Waals surface area contributed by atoms with Crippen LogP contribution in [0.2, 0.25) is 5.02 Å². The number of carboxylic acid groups (broad SMARTS) is 1. The van der Waals surface area contributed by atoms with Gasteiger partial charge in [-0.15, -0.1) is 0 Å². The monoisotopic (exact) mass is 326 g/mol. The summed E-state index contributed by atoms with van der Waals surface area (Å²) in [6.07, 6.45) is -3.28. The van der Waals surface area contributed by atoms with Gasteiger partial charge in [0.1, 0.15) is 18.8 Å². The van der Waals surface area contributed by atoms with Crippen LogP contribution in [-0.2, 0) is 4.79 Å². The Bertz CT molecular complexity index is 540. The number of carbonyl (C=O) groups is 2. The molecule has 1 heterocycles. The van der Waals surface area contributed by atoms with Crippen molar-refractivity contribution in [1.29, 1.82) is 0 Å². The molecule has 1 N–H and O–H groups in total. The van der Waals surface area contributed by atoms with Crippen LogP contribution in [0.5, 0.6) is 0 Å². The lowest BCUT2D eigenvalue weighted by molar-refractivity contribution is -0.149. The third kappa shape index (κ3) is 4.96. The molecule has 0 bridgehead atoms. The van der Waals surface area contributed by atoms with Crippen molar-refractivity contribution in [2.24, 2.45) is 0 Å². The average molecular weight is 327 g/mol. The highest BCUT2D eigenvalue weighted by molar-refractivity contribution is 6.31. The molecule has 0 radical (unpaired) electrons. The van der Waals surface area contributed by atoms with Gasteiger partial charge in [0.2, 0.25) is 0 Å². The van der Waals surface area contributed by atoms with Crippen LogP contribution in [0, 0.1) is 0 Å². The maximum absolute atomic E-state index is 12.5. The summed E-state index contributed by atoms with van der Waals surface area (Å²) in [6, 6.07) is 1.00. The van der Waals surface area contributed by atoms with Crippen LogP contribution in [-0.4, -0.2) is 45.7 Å². The maximum Gasteiger partial charge on any atom is 0.406 e. The SMILES string of the molecule is CC(C)n1cc(Cl)cc1C(=O)N(CC(=O)O)CC(F)(F)F. The molecule has 1 rings (SSSR count). The Balaban J connectivity index is 3.13. The van der Waals surface area contributed by atoms with Gasteiger partial charge in [0.15, 0.2) is 0 Å². The lowest BCUT2D eigenvalue weighted by Gasteiger charge is -2.23. The number of hydrogen-bond acceptors (Lipinski definition) is 2. The van der Waals surface area contributed by atoms with E-state index in [0.717, 1.165) is 0 Å². The molecule has 0 aliphatic rings. The first-order valence-corrected chi connectivity index (χ1v) is 6.34. The van der Waals surface area contributed by atoms with E-state index in [-0.39, 0.29) is 21.7 Å². The summed E-state index contributed by atoms with van der Waals surface area (Å²) >= 11 is 5.77. The molecule has 21 heavy (non-hydrogen) atoms. The van der Waals surface area contributed by atoms with Gasteiger partial charge in [-0.05, 0) is 19.9 Å². The first-order chi connectivity index (χ1) is 9.51. The minimum absolute atomic E-state index is 0.0829. The van der Waals surface area contributed by atoms with E-state index in [4.69, 9.17) is 16.7 Å². The van der Waals surface area contributed by atoms with Crippen molar-refractivity contribution in [2.75, 3.05) is 13.1 Å². The van der Waals surface area contributed by atoms with Crippen molar-refractivity contribution in [3.05, 3.63) is 23.0 Å². The Morgan fingerprint density at radius 1 is 1.43 bits per heavy atom. The predicted molar refractivity (Wildman–Crippen MR) is 69.4 cm³/mol. The average Bonchev–Trinajstić information content (AvgIpc) is 2.67. The van der Waals surface area contributed by atoms with Gasteiger partial charge in [0.05, 0.1) is 5.02 Å². The van der Waals surface area contributed by atoms with Crippen molar-refractivity contribution in [2.45, 2.75) is 26.1 Å². The topological polar surface area (TPSA) is 62.5 Å². The quantitative estimate of drug-likeness (QED) is 0.905. The van der Waals surface area contributed by atoms with E-state index >= 15 is 0 Å². The zero-order valence-corrected chi connectivity index (χ0v) is 12.1. The standard InChI is InChI=1S/C12H14ClF3N2O3/c1-7(2)18-4-8(13)3-9(18)11(21)17(5-10(19)20)6-12(14,15)16/h3-4,7H,5-6H2,1-2H3,(H,19,20). The molecule has 0 aliphatic heterocycles. The highest BCUT2D eigenvalue weighted by Crippen LogP contribution is 2.22. The van der Waals surface area contributed by atoms with E-state index in [2.05, 4.69) is 0 Å². The molecule has 0 fully saturated rings. The zero-order valence-electron chi connectivity index (χ0n) is 11.3. The minimum atomic E-state index is -4.69. The maximum atomic E-state index is 12.5. The molecule has 1 aromatic rings. The van der Waals surface area contributed by atoms with E-state index in [1.165, 1.54) is 16.8 Å². The van der Waals surface area contributed by atoms with Crippen molar-refractivity contribution in [3.8, 4) is 0 Å². The van der Waals surface area contributed by atoms with Crippen LogP contribution in [0.25, 0.3) is 0 Å². The molecule has 1 aromatic heterocycles. The van der Waals surface area contributed by atoms with E-state index in [0.29, 0.717) is 0 Å². The molecule has 0 atom stereocenters. The van der Waals surface area contributed by atoms with Crippen LogP contribution < -0.4 is 0 Å². The van der Waals surface area contributed by atoms with E-state index in [1.54, 1.807) is 13.8 Å². The highest BCUT2D eigenvalue weighted by Gasteiger charge is 2.35. The Morgan fingerprint density at radius 2 is 2.00 bits per heavy atom. The Labute approximate surface area is 123 Å². The molecule has 0 aliphatic carbocycles. The molecular formula is C12H14ClF3N2O3. The lowest BCUT2D eigenvalue weighted by atomic mass is 10.3. The largest absolute Gasteiger partial charge is 0.480 e. The summed E-state index contributed by atoms with van der Waals surface area (Å²) in [4.78, 5) is 23.1. The summed E-state index contributed by atoms with van der Waals surface area (Å²) < 4.78 is 38.8. The van der Waals surface area contributed by atoms with E-state index in [9.17, 15) is 22.8 Å². The van der Waals surface area contributed by atoms with Crippen LogP contribution in [0.1, 0.15) is 30.4 Å². The second kappa shape index (κ2) is 6.38. The number of carbonyl (C=O) groups excluding carboxylic acids is 1. The smallest absolute Gasteiger partial charge is 0.406 e. The minimum Gasteiger partial charge on any atom is -0.480 e. The molecule has 9 heteroatoms. The second-order valence-corrected chi connectivity index (χ2v) is 5.15. The molecule has 0 saturated carbocycles. The van der Waals surface area contributed by atoms with Crippen molar-refractivity contribution in [1.82, 2.24) is 9.47 Å². The van der Waals surface area contributed by atoms with Crippen molar-refractivity contribution in [3.63, 3.8) is 0 Å².